The molecule has 0 aliphatic carbocycles. The molecule has 4 nitrogen and oxygen atoms in total. The van der Waals surface area contributed by atoms with Gasteiger partial charge in [0, 0.05) is 0 Å². The molecular formula is C11H15NaO4S. The van der Waals surface area contributed by atoms with E-state index in [1.165, 1.54) is 18.2 Å². The van der Waals surface area contributed by atoms with Gasteiger partial charge in [0.2, 0.25) is 0 Å². The van der Waals surface area contributed by atoms with Crippen molar-refractivity contribution in [3.05, 3.63) is 35.4 Å². The van der Waals surface area contributed by atoms with E-state index in [0.717, 1.165) is 0 Å². The van der Waals surface area contributed by atoms with Crippen LogP contribution in [0.25, 0.3) is 0 Å². The summed E-state index contributed by atoms with van der Waals surface area (Å²) in [5.41, 5.74) is 0.348. The Morgan fingerprint density at radius 3 is 2.18 bits per heavy atom. The van der Waals surface area contributed by atoms with Gasteiger partial charge in [-0.15, -0.1) is 0 Å². The molecule has 0 aliphatic heterocycles. The van der Waals surface area contributed by atoms with Crippen molar-refractivity contribution < 1.29 is 18.9 Å². The van der Waals surface area contributed by atoms with Crippen LogP contribution in [0.1, 0.15) is 20.7 Å². The van der Waals surface area contributed by atoms with Crippen molar-refractivity contribution in [3.8, 4) is 0 Å². The van der Waals surface area contributed by atoms with E-state index in [9.17, 15) is 9.59 Å². The third-order valence-electron chi connectivity index (χ3n) is 1.67. The van der Waals surface area contributed by atoms with E-state index in [0.29, 0.717) is 0 Å². The van der Waals surface area contributed by atoms with E-state index >= 15 is 0 Å². The summed E-state index contributed by atoms with van der Waals surface area (Å²) in [6.07, 6.45) is 5.52. The molecular weight excluding hydrogens is 251 g/mol. The van der Waals surface area contributed by atoms with Gasteiger partial charge in [-0.1, -0.05) is 16.4 Å². The summed E-state index contributed by atoms with van der Waals surface area (Å²) in [5.74, 6) is -1.54. The van der Waals surface area contributed by atoms with Gasteiger partial charge in [-0.05, 0) is 37.0 Å². The molecule has 0 saturated carbocycles. The minimum absolute atomic E-state index is 0. The van der Waals surface area contributed by atoms with Crippen molar-refractivity contribution in [2.75, 3.05) is 18.8 Å². The molecule has 6 heteroatoms. The molecule has 1 N–H and O–H groups in total. The summed E-state index contributed by atoms with van der Waals surface area (Å²) in [6, 6.07) is 5.82. The Kier molecular flexibility index (Phi) is 6.26. The Labute approximate surface area is 124 Å². The number of aromatic carboxylic acids is 1. The number of carbonyl (C=O) groups excluding carboxylic acids is 1. The summed E-state index contributed by atoms with van der Waals surface area (Å²) >= 11 is 0. The maximum atomic E-state index is 11.6. The van der Waals surface area contributed by atoms with Crippen LogP contribution in [-0.4, -0.2) is 65.4 Å². The van der Waals surface area contributed by atoms with Gasteiger partial charge in [-0.2, -0.15) is 0 Å². The van der Waals surface area contributed by atoms with E-state index in [-0.39, 0.29) is 40.7 Å². The zero-order valence-corrected chi connectivity index (χ0v) is 10.2. The molecule has 0 unspecified atom stereocenters. The average Bonchev–Trinajstić information content (AvgIpc) is 2.15. The molecule has 0 spiro atoms. The van der Waals surface area contributed by atoms with E-state index < -0.39 is 22.2 Å². The fraction of sp³-hybridized carbons (Fsp3) is 0.273. The Morgan fingerprint density at radius 2 is 1.71 bits per heavy atom. The topological polar surface area (TPSA) is 63.6 Å². The molecule has 0 heterocycles. The summed E-state index contributed by atoms with van der Waals surface area (Å²) < 4.78 is 5.21. The molecule has 0 amide bonds. The Bertz CT molecular complexity index is 426. The number of benzene rings is 1. The van der Waals surface area contributed by atoms with Gasteiger partial charge in [0.15, 0.2) is 0 Å². The zero-order chi connectivity index (χ0) is 12.3. The van der Waals surface area contributed by atoms with Crippen LogP contribution < -0.4 is 0 Å². The monoisotopic (exact) mass is 266 g/mol. The van der Waals surface area contributed by atoms with Crippen LogP contribution in [0.3, 0.4) is 0 Å². The second-order valence-corrected chi connectivity index (χ2v) is 7.60. The van der Waals surface area contributed by atoms with Gasteiger partial charge in [-0.3, -0.25) is 0 Å². The second kappa shape index (κ2) is 6.44. The van der Waals surface area contributed by atoms with Crippen LogP contribution in [0, 0.1) is 0 Å². The van der Waals surface area contributed by atoms with Crippen LogP contribution in [0.5, 0.6) is 0 Å². The van der Waals surface area contributed by atoms with Crippen LogP contribution in [0.2, 0.25) is 0 Å². The standard InChI is InChI=1S/C11H14O4S.Na.H/c1-16(2,3)15-11(14)9-6-4-5-8(7-9)10(12)13;;/h4-7H,1-3H3,(H,12,13);;. The van der Waals surface area contributed by atoms with Crippen LogP contribution in [0.4, 0.5) is 0 Å². The number of hydrogen-bond donors (Lipinski definition) is 1. The van der Waals surface area contributed by atoms with Gasteiger partial charge in [0.05, 0.1) is 11.1 Å². The van der Waals surface area contributed by atoms with Crippen molar-refractivity contribution in [3.63, 3.8) is 0 Å². The van der Waals surface area contributed by atoms with Crippen molar-refractivity contribution in [2.45, 2.75) is 0 Å². The van der Waals surface area contributed by atoms with Crippen LogP contribution in [0.15, 0.2) is 24.3 Å². The normalized spacial score (nSPS) is 11.2. The van der Waals surface area contributed by atoms with E-state index in [1.54, 1.807) is 6.07 Å². The summed E-state index contributed by atoms with van der Waals surface area (Å²) in [4.78, 5) is 22.4. The Morgan fingerprint density at radius 1 is 1.18 bits per heavy atom. The molecule has 1 aromatic carbocycles. The molecule has 17 heavy (non-hydrogen) atoms. The first-order valence-corrected chi connectivity index (χ1v) is 7.33. The minimum atomic E-state index is -1.40. The maximum absolute atomic E-state index is 11.6. The third kappa shape index (κ3) is 5.59. The number of carboxylic acids is 1. The molecule has 0 saturated heterocycles. The molecule has 0 aliphatic rings. The third-order valence-corrected chi connectivity index (χ3v) is 2.32. The molecule has 0 radical (unpaired) electrons. The predicted molar refractivity (Wildman–Crippen MR) is 71.3 cm³/mol. The second-order valence-electron chi connectivity index (χ2n) is 3.98. The van der Waals surface area contributed by atoms with Crippen LogP contribution >= 0.6 is 10.3 Å². The molecule has 0 atom stereocenters. The van der Waals surface area contributed by atoms with Gasteiger partial charge < -0.3 is 9.29 Å². The Balaban J connectivity index is 0.00000256. The van der Waals surface area contributed by atoms with Gasteiger partial charge >= 0.3 is 41.5 Å². The quantitative estimate of drug-likeness (QED) is 0.842. The fourth-order valence-corrected chi connectivity index (χ4v) is 1.60. The number of carboxylic acid groups (broad SMARTS) is 1. The first kappa shape index (κ1) is 16.5. The Hall–Kier alpha value is -0.490. The summed E-state index contributed by atoms with van der Waals surface area (Å²) in [7, 11) is -1.40. The first-order chi connectivity index (χ1) is 7.29. The first-order valence-electron chi connectivity index (χ1n) is 4.55. The number of rotatable bonds is 3. The van der Waals surface area contributed by atoms with E-state index in [1.807, 2.05) is 18.8 Å². The zero-order valence-electron chi connectivity index (χ0n) is 9.39. The molecule has 1 aromatic rings. The predicted octanol–water partition coefficient (Wildman–Crippen LogP) is 1.50. The fourth-order valence-electron chi connectivity index (χ4n) is 1.05. The van der Waals surface area contributed by atoms with Crippen molar-refractivity contribution >= 4 is 51.8 Å². The van der Waals surface area contributed by atoms with Crippen molar-refractivity contribution in [2.24, 2.45) is 0 Å². The van der Waals surface area contributed by atoms with E-state index in [4.69, 9.17) is 9.29 Å². The number of carbonyl (C=O) groups is 2. The molecule has 0 fully saturated rings. The van der Waals surface area contributed by atoms with Crippen LogP contribution in [-0.2, 0) is 4.18 Å². The van der Waals surface area contributed by atoms with Crippen molar-refractivity contribution in [1.29, 1.82) is 0 Å². The van der Waals surface area contributed by atoms with Gasteiger partial charge in [0.25, 0.3) is 0 Å². The SMILES string of the molecule is CS(C)(C)OC(=O)c1cccc(C(=O)O)c1.[NaH]. The van der Waals surface area contributed by atoms with Gasteiger partial charge in [-0.25, -0.2) is 9.59 Å². The summed E-state index contributed by atoms with van der Waals surface area (Å²) in [6.45, 7) is 0. The summed E-state index contributed by atoms with van der Waals surface area (Å²) in [5, 5.41) is 8.78. The average molecular weight is 266 g/mol. The van der Waals surface area contributed by atoms with E-state index in [2.05, 4.69) is 0 Å². The number of hydrogen-bond acceptors (Lipinski definition) is 3. The molecule has 0 bridgehead atoms. The van der Waals surface area contributed by atoms with Crippen molar-refractivity contribution in [1.82, 2.24) is 0 Å². The molecule has 90 valence electrons. The molecule has 1 rings (SSSR count). The van der Waals surface area contributed by atoms with Gasteiger partial charge in [0.1, 0.15) is 0 Å². The molecule has 0 aromatic heterocycles.